The molecular formula is C38H44ClN3O6S. The Hall–Kier alpha value is -4.54. The lowest BCUT2D eigenvalue weighted by atomic mass is 10.0. The van der Waals surface area contributed by atoms with Gasteiger partial charge in [0.25, 0.3) is 10.0 Å². The van der Waals surface area contributed by atoms with Crippen LogP contribution in [0.5, 0.6) is 11.5 Å². The van der Waals surface area contributed by atoms with Crippen LogP contribution in [0.4, 0.5) is 5.69 Å². The number of carbonyl (C=O) groups is 2. The van der Waals surface area contributed by atoms with Crippen LogP contribution in [0.2, 0.25) is 5.02 Å². The molecule has 0 saturated heterocycles. The number of nitrogens with one attached hydrogen (secondary N) is 1. The highest BCUT2D eigenvalue weighted by molar-refractivity contribution is 7.92. The second-order valence-corrected chi connectivity index (χ2v) is 15.3. The van der Waals surface area contributed by atoms with Crippen molar-refractivity contribution < 1.29 is 27.5 Å². The maximum Gasteiger partial charge on any atom is 0.264 e. The standard InChI is InChI=1S/C38H44ClN3O6S/c1-26-19-27(2)21-31(20-26)42(49(45,46)32-17-18-34(47-6)35(23-32)48-7)25-36(43)41(24-29-13-15-30(39)16-14-29)33(37(44)40-38(3,4)5)22-28-11-9-8-10-12-28/h8-21,23,33H,22,24-25H2,1-7H3,(H,40,44)/t33-/m1/s1. The summed E-state index contributed by atoms with van der Waals surface area (Å²) in [6.45, 7) is 8.77. The van der Waals surface area contributed by atoms with E-state index in [4.69, 9.17) is 21.1 Å². The van der Waals surface area contributed by atoms with Gasteiger partial charge in [-0.15, -0.1) is 0 Å². The second-order valence-electron chi connectivity index (χ2n) is 13.0. The average Bonchev–Trinajstić information content (AvgIpc) is 3.04. The smallest absolute Gasteiger partial charge is 0.264 e. The number of benzene rings is 4. The summed E-state index contributed by atoms with van der Waals surface area (Å²) in [5.41, 5.74) is 2.92. The van der Waals surface area contributed by atoms with Gasteiger partial charge in [-0.05, 0) is 93.3 Å². The molecule has 0 bridgehead atoms. The van der Waals surface area contributed by atoms with Crippen LogP contribution in [0.1, 0.15) is 43.0 Å². The minimum atomic E-state index is -4.35. The van der Waals surface area contributed by atoms with E-state index in [1.165, 1.54) is 37.3 Å². The number of aryl methyl sites for hydroxylation is 2. The van der Waals surface area contributed by atoms with E-state index in [1.54, 1.807) is 36.4 Å². The molecule has 2 amide bonds. The highest BCUT2D eigenvalue weighted by atomic mass is 35.5. The number of rotatable bonds is 13. The Morgan fingerprint density at radius 2 is 1.43 bits per heavy atom. The van der Waals surface area contributed by atoms with Gasteiger partial charge >= 0.3 is 0 Å². The molecule has 0 saturated carbocycles. The van der Waals surface area contributed by atoms with E-state index in [9.17, 15) is 18.0 Å². The van der Waals surface area contributed by atoms with Crippen LogP contribution in [0.15, 0.2) is 95.9 Å². The third kappa shape index (κ3) is 9.77. The van der Waals surface area contributed by atoms with E-state index in [1.807, 2.05) is 71.0 Å². The van der Waals surface area contributed by atoms with E-state index in [2.05, 4.69) is 5.32 Å². The van der Waals surface area contributed by atoms with E-state index in [0.717, 1.165) is 26.6 Å². The third-order valence-electron chi connectivity index (χ3n) is 7.75. The van der Waals surface area contributed by atoms with Gasteiger partial charge < -0.3 is 19.7 Å². The minimum absolute atomic E-state index is 0.0299. The number of methoxy groups -OCH3 is 2. The Bertz CT molecular complexity index is 1860. The molecule has 0 unspecified atom stereocenters. The zero-order chi connectivity index (χ0) is 35.9. The van der Waals surface area contributed by atoms with E-state index in [0.29, 0.717) is 16.5 Å². The van der Waals surface area contributed by atoms with Crippen LogP contribution in [0, 0.1) is 13.8 Å². The Balaban J connectivity index is 1.86. The quantitative estimate of drug-likeness (QED) is 0.166. The van der Waals surface area contributed by atoms with Crippen molar-refractivity contribution >= 4 is 39.1 Å². The third-order valence-corrected chi connectivity index (χ3v) is 9.77. The summed E-state index contributed by atoms with van der Waals surface area (Å²) in [5.74, 6) is -0.345. The molecule has 0 radical (unpaired) electrons. The number of sulfonamides is 1. The molecule has 0 spiro atoms. The Morgan fingerprint density at radius 3 is 2.00 bits per heavy atom. The molecule has 49 heavy (non-hydrogen) atoms. The van der Waals surface area contributed by atoms with Gasteiger partial charge in [0.15, 0.2) is 11.5 Å². The molecule has 0 aromatic heterocycles. The van der Waals surface area contributed by atoms with Crippen LogP contribution < -0.4 is 19.1 Å². The van der Waals surface area contributed by atoms with Gasteiger partial charge in [0, 0.05) is 29.6 Å². The Labute approximate surface area is 294 Å². The van der Waals surface area contributed by atoms with Crippen molar-refractivity contribution in [1.82, 2.24) is 10.2 Å². The number of halogens is 1. The Morgan fingerprint density at radius 1 is 0.816 bits per heavy atom. The maximum absolute atomic E-state index is 14.7. The van der Waals surface area contributed by atoms with Crippen molar-refractivity contribution in [3.05, 3.63) is 118 Å². The molecule has 9 nitrogen and oxygen atoms in total. The number of ether oxygens (including phenoxy) is 2. The van der Waals surface area contributed by atoms with Crippen LogP contribution >= 0.6 is 11.6 Å². The van der Waals surface area contributed by atoms with Gasteiger partial charge in [0.05, 0.1) is 24.8 Å². The second kappa shape index (κ2) is 15.8. The van der Waals surface area contributed by atoms with Gasteiger partial charge in [-0.1, -0.05) is 60.1 Å². The van der Waals surface area contributed by atoms with Crippen molar-refractivity contribution in [2.75, 3.05) is 25.1 Å². The van der Waals surface area contributed by atoms with E-state index >= 15 is 0 Å². The van der Waals surface area contributed by atoms with Gasteiger partial charge in [-0.25, -0.2) is 8.42 Å². The van der Waals surface area contributed by atoms with Crippen LogP contribution in [-0.2, 0) is 32.6 Å². The fraction of sp³-hybridized carbons (Fsp3) is 0.316. The molecular weight excluding hydrogens is 662 g/mol. The summed E-state index contributed by atoms with van der Waals surface area (Å²) in [5, 5.41) is 3.56. The van der Waals surface area contributed by atoms with E-state index in [-0.39, 0.29) is 29.5 Å². The number of anilines is 1. The highest BCUT2D eigenvalue weighted by Gasteiger charge is 2.36. The molecule has 11 heteroatoms. The fourth-order valence-electron chi connectivity index (χ4n) is 5.52. The van der Waals surface area contributed by atoms with Gasteiger partial charge in [0.2, 0.25) is 11.8 Å². The monoisotopic (exact) mass is 705 g/mol. The topological polar surface area (TPSA) is 105 Å². The largest absolute Gasteiger partial charge is 0.493 e. The van der Waals surface area contributed by atoms with Crippen LogP contribution in [-0.4, -0.2) is 57.5 Å². The molecule has 1 N–H and O–H groups in total. The molecule has 4 aromatic carbocycles. The molecule has 0 heterocycles. The first kappa shape index (κ1) is 37.3. The van der Waals surface area contributed by atoms with Crippen molar-refractivity contribution in [2.45, 2.75) is 64.1 Å². The van der Waals surface area contributed by atoms with Gasteiger partial charge in [0.1, 0.15) is 12.6 Å². The molecule has 1 atom stereocenters. The number of carbonyl (C=O) groups excluding carboxylic acids is 2. The van der Waals surface area contributed by atoms with Crippen molar-refractivity contribution in [2.24, 2.45) is 0 Å². The first-order chi connectivity index (χ1) is 23.1. The molecule has 260 valence electrons. The lowest BCUT2D eigenvalue weighted by molar-refractivity contribution is -0.140. The summed E-state index contributed by atoms with van der Waals surface area (Å²) in [7, 11) is -1.47. The molecule has 0 aliphatic carbocycles. The number of hydrogen-bond donors (Lipinski definition) is 1. The summed E-state index contributed by atoms with van der Waals surface area (Å²) in [6, 6.07) is 25.1. The maximum atomic E-state index is 14.7. The summed E-state index contributed by atoms with van der Waals surface area (Å²) in [4.78, 5) is 30.2. The van der Waals surface area contributed by atoms with Crippen LogP contribution in [0.3, 0.4) is 0 Å². The normalized spacial score (nSPS) is 12.2. The lowest BCUT2D eigenvalue weighted by Gasteiger charge is -2.35. The predicted molar refractivity (Wildman–Crippen MR) is 194 cm³/mol. The van der Waals surface area contributed by atoms with E-state index < -0.39 is 34.1 Å². The molecule has 0 fully saturated rings. The van der Waals surface area contributed by atoms with Crippen molar-refractivity contribution in [3.63, 3.8) is 0 Å². The summed E-state index contributed by atoms with van der Waals surface area (Å²) in [6.07, 6.45) is 0.202. The number of amides is 2. The summed E-state index contributed by atoms with van der Waals surface area (Å²) >= 11 is 6.18. The van der Waals surface area contributed by atoms with Crippen molar-refractivity contribution in [1.29, 1.82) is 0 Å². The fourth-order valence-corrected chi connectivity index (χ4v) is 7.06. The highest BCUT2D eigenvalue weighted by Crippen LogP contribution is 2.33. The first-order valence-electron chi connectivity index (χ1n) is 15.8. The first-order valence-corrected chi connectivity index (χ1v) is 17.7. The lowest BCUT2D eigenvalue weighted by Crippen LogP contribution is -2.56. The zero-order valence-electron chi connectivity index (χ0n) is 29.0. The average molecular weight is 706 g/mol. The van der Waals surface area contributed by atoms with Crippen LogP contribution in [0.25, 0.3) is 0 Å². The number of hydrogen-bond acceptors (Lipinski definition) is 6. The SMILES string of the molecule is COc1ccc(S(=O)(=O)N(CC(=O)N(Cc2ccc(Cl)cc2)[C@H](Cc2ccccc2)C(=O)NC(C)(C)C)c2cc(C)cc(C)c2)cc1OC. The molecule has 0 aliphatic rings. The molecule has 4 rings (SSSR count). The van der Waals surface area contributed by atoms with Gasteiger partial charge in [-0.3, -0.25) is 13.9 Å². The Kier molecular flexibility index (Phi) is 12.0. The zero-order valence-corrected chi connectivity index (χ0v) is 30.6. The minimum Gasteiger partial charge on any atom is -0.493 e. The van der Waals surface area contributed by atoms with Gasteiger partial charge in [-0.2, -0.15) is 0 Å². The predicted octanol–water partition coefficient (Wildman–Crippen LogP) is 6.72. The number of nitrogens with zero attached hydrogens (tertiary/aromatic N) is 2. The molecule has 0 aliphatic heterocycles. The molecule has 4 aromatic rings. The van der Waals surface area contributed by atoms with Crippen molar-refractivity contribution in [3.8, 4) is 11.5 Å². The summed E-state index contributed by atoms with van der Waals surface area (Å²) < 4.78 is 40.9.